The summed E-state index contributed by atoms with van der Waals surface area (Å²) in [7, 11) is 0. The molecule has 0 radical (unpaired) electrons. The third-order valence-electron chi connectivity index (χ3n) is 4.56. The summed E-state index contributed by atoms with van der Waals surface area (Å²) in [5.74, 6) is 0.692. The highest BCUT2D eigenvalue weighted by Gasteiger charge is 2.10. The quantitative estimate of drug-likeness (QED) is 0.588. The molecule has 136 valence electrons. The molecule has 4 rings (SSSR count). The number of hydrogen-bond acceptors (Lipinski definition) is 4. The van der Waals surface area contributed by atoms with Gasteiger partial charge >= 0.3 is 0 Å². The van der Waals surface area contributed by atoms with Gasteiger partial charge in [0.15, 0.2) is 0 Å². The highest BCUT2D eigenvalue weighted by Crippen LogP contribution is 2.14. The fourth-order valence-electron chi connectivity index (χ4n) is 3.26. The number of amides is 1. The highest BCUT2D eigenvalue weighted by atomic mass is 16.2. The van der Waals surface area contributed by atoms with E-state index < -0.39 is 0 Å². The van der Waals surface area contributed by atoms with E-state index in [1.165, 1.54) is 10.8 Å². The van der Waals surface area contributed by atoms with E-state index in [1.807, 2.05) is 49.4 Å². The first-order valence-corrected chi connectivity index (χ1v) is 8.76. The molecule has 1 N–H and O–H groups in total. The molecule has 0 atom stereocenters. The molecule has 0 aliphatic heterocycles. The Labute approximate surface area is 155 Å². The van der Waals surface area contributed by atoms with Crippen molar-refractivity contribution in [1.29, 1.82) is 0 Å². The number of aromatic nitrogens is 4. The van der Waals surface area contributed by atoms with Gasteiger partial charge in [-0.2, -0.15) is 0 Å². The number of imidazole rings is 1. The summed E-state index contributed by atoms with van der Waals surface area (Å²) in [6.45, 7) is 2.98. The molecule has 2 aromatic carbocycles. The van der Waals surface area contributed by atoms with E-state index in [2.05, 4.69) is 19.9 Å². The Kier molecular flexibility index (Phi) is 4.42. The van der Waals surface area contributed by atoms with Crippen LogP contribution in [0.15, 0.2) is 59.5 Å². The summed E-state index contributed by atoms with van der Waals surface area (Å²) in [6.07, 6.45) is 1.25. The number of nitrogens with one attached hydrogen (secondary N) is 1. The molecule has 0 bridgehead atoms. The van der Waals surface area contributed by atoms with Crippen molar-refractivity contribution >= 4 is 28.0 Å². The Hall–Kier alpha value is -3.48. The van der Waals surface area contributed by atoms with Crippen LogP contribution in [0.2, 0.25) is 0 Å². The Morgan fingerprint density at radius 3 is 2.44 bits per heavy atom. The van der Waals surface area contributed by atoms with Gasteiger partial charge in [-0.05, 0) is 31.2 Å². The first-order valence-electron chi connectivity index (χ1n) is 8.76. The van der Waals surface area contributed by atoms with Crippen LogP contribution in [0.3, 0.4) is 0 Å². The van der Waals surface area contributed by atoms with Gasteiger partial charge in [-0.1, -0.05) is 24.3 Å². The van der Waals surface area contributed by atoms with Crippen LogP contribution in [-0.2, 0) is 17.9 Å². The standard InChI is InChI=1S/C20H19N5O2/c1-14-23-16-7-3-5-9-18(16)24(14)11-10-21-19(26)13-25-17-8-4-2-6-15(17)22-12-20(25)27/h2-9,12H,10-11,13H2,1H3,(H,21,26). The average Bonchev–Trinajstić information content (AvgIpc) is 2.99. The van der Waals surface area contributed by atoms with E-state index in [9.17, 15) is 9.59 Å². The fourth-order valence-corrected chi connectivity index (χ4v) is 3.26. The van der Waals surface area contributed by atoms with Crippen LogP contribution in [0.4, 0.5) is 0 Å². The number of rotatable bonds is 5. The Morgan fingerprint density at radius 1 is 1.00 bits per heavy atom. The lowest BCUT2D eigenvalue weighted by molar-refractivity contribution is -0.121. The third kappa shape index (κ3) is 3.31. The number of carbonyl (C=O) groups excluding carboxylic acids is 1. The van der Waals surface area contributed by atoms with E-state index in [-0.39, 0.29) is 18.0 Å². The molecule has 0 spiro atoms. The zero-order valence-corrected chi connectivity index (χ0v) is 14.9. The van der Waals surface area contributed by atoms with Gasteiger partial charge in [0.2, 0.25) is 5.91 Å². The van der Waals surface area contributed by atoms with E-state index >= 15 is 0 Å². The monoisotopic (exact) mass is 361 g/mol. The first-order chi connectivity index (χ1) is 13.1. The molecule has 0 aliphatic carbocycles. The number of para-hydroxylation sites is 4. The number of carbonyl (C=O) groups is 1. The summed E-state index contributed by atoms with van der Waals surface area (Å²) in [5, 5.41) is 2.89. The maximum absolute atomic E-state index is 12.4. The van der Waals surface area contributed by atoms with Gasteiger partial charge in [0.25, 0.3) is 5.56 Å². The Morgan fingerprint density at radius 2 is 1.67 bits per heavy atom. The molecule has 7 heteroatoms. The lowest BCUT2D eigenvalue weighted by atomic mass is 10.3. The van der Waals surface area contributed by atoms with E-state index in [0.717, 1.165) is 16.9 Å². The van der Waals surface area contributed by atoms with Crippen molar-refractivity contribution in [1.82, 2.24) is 24.4 Å². The maximum atomic E-state index is 12.4. The minimum atomic E-state index is -0.291. The molecule has 1 amide bonds. The maximum Gasteiger partial charge on any atom is 0.269 e. The minimum absolute atomic E-state index is 0.0362. The predicted molar refractivity (Wildman–Crippen MR) is 103 cm³/mol. The topological polar surface area (TPSA) is 81.8 Å². The summed E-state index contributed by atoms with van der Waals surface area (Å²) in [4.78, 5) is 33.1. The zero-order valence-electron chi connectivity index (χ0n) is 14.9. The average molecular weight is 361 g/mol. The van der Waals surface area contributed by atoms with Crippen LogP contribution in [0.1, 0.15) is 5.82 Å². The molecule has 0 saturated carbocycles. The highest BCUT2D eigenvalue weighted by molar-refractivity contribution is 5.80. The van der Waals surface area contributed by atoms with Crippen molar-refractivity contribution in [3.05, 3.63) is 70.9 Å². The van der Waals surface area contributed by atoms with Gasteiger partial charge in [0.1, 0.15) is 12.4 Å². The molecule has 0 saturated heterocycles. The fraction of sp³-hybridized carbons (Fsp3) is 0.200. The van der Waals surface area contributed by atoms with Crippen molar-refractivity contribution in [3.8, 4) is 0 Å². The Bertz CT molecular complexity index is 1190. The summed E-state index contributed by atoms with van der Waals surface area (Å²) in [6, 6.07) is 15.2. The normalized spacial score (nSPS) is 11.1. The second-order valence-electron chi connectivity index (χ2n) is 6.32. The number of fused-ring (bicyclic) bond motifs is 2. The van der Waals surface area contributed by atoms with E-state index in [0.29, 0.717) is 24.1 Å². The molecule has 0 unspecified atom stereocenters. The SMILES string of the molecule is Cc1nc2ccccc2n1CCNC(=O)Cn1c(=O)cnc2ccccc21. The van der Waals surface area contributed by atoms with E-state index in [4.69, 9.17) is 0 Å². The second-order valence-corrected chi connectivity index (χ2v) is 6.32. The molecule has 2 aromatic heterocycles. The van der Waals surface area contributed by atoms with Crippen LogP contribution in [-0.4, -0.2) is 31.6 Å². The molecule has 0 fully saturated rings. The minimum Gasteiger partial charge on any atom is -0.353 e. The van der Waals surface area contributed by atoms with Crippen LogP contribution < -0.4 is 10.9 Å². The third-order valence-corrected chi connectivity index (χ3v) is 4.56. The van der Waals surface area contributed by atoms with Crippen molar-refractivity contribution in [2.24, 2.45) is 0 Å². The van der Waals surface area contributed by atoms with Crippen LogP contribution >= 0.6 is 0 Å². The second kappa shape index (κ2) is 7.03. The molecule has 4 aromatic rings. The first kappa shape index (κ1) is 17.0. The van der Waals surface area contributed by atoms with Gasteiger partial charge in [0.05, 0.1) is 28.3 Å². The number of hydrogen-bond donors (Lipinski definition) is 1. The van der Waals surface area contributed by atoms with Gasteiger partial charge in [-0.25, -0.2) is 9.97 Å². The van der Waals surface area contributed by atoms with E-state index in [1.54, 1.807) is 6.07 Å². The molecule has 7 nitrogen and oxygen atoms in total. The van der Waals surface area contributed by atoms with Crippen molar-refractivity contribution in [2.45, 2.75) is 20.0 Å². The molecule has 27 heavy (non-hydrogen) atoms. The zero-order chi connectivity index (χ0) is 18.8. The van der Waals surface area contributed by atoms with Crippen molar-refractivity contribution < 1.29 is 4.79 Å². The molecular formula is C20H19N5O2. The van der Waals surface area contributed by atoms with Crippen LogP contribution in [0, 0.1) is 6.92 Å². The smallest absolute Gasteiger partial charge is 0.269 e. The van der Waals surface area contributed by atoms with Crippen LogP contribution in [0.25, 0.3) is 22.1 Å². The van der Waals surface area contributed by atoms with Gasteiger partial charge in [-0.3, -0.25) is 14.2 Å². The van der Waals surface area contributed by atoms with Crippen LogP contribution in [0.5, 0.6) is 0 Å². The molecule has 2 heterocycles. The number of aryl methyl sites for hydroxylation is 1. The summed E-state index contributed by atoms with van der Waals surface area (Å²) >= 11 is 0. The number of benzene rings is 2. The molecule has 0 aliphatic rings. The Balaban J connectivity index is 1.46. The predicted octanol–water partition coefficient (Wildman–Crippen LogP) is 1.87. The summed E-state index contributed by atoms with van der Waals surface area (Å²) in [5.41, 5.74) is 3.03. The van der Waals surface area contributed by atoms with Gasteiger partial charge in [0, 0.05) is 13.1 Å². The lowest BCUT2D eigenvalue weighted by Gasteiger charge is -2.11. The van der Waals surface area contributed by atoms with Gasteiger partial charge < -0.3 is 9.88 Å². The summed E-state index contributed by atoms with van der Waals surface area (Å²) < 4.78 is 3.51. The largest absolute Gasteiger partial charge is 0.353 e. The van der Waals surface area contributed by atoms with Crippen molar-refractivity contribution in [2.75, 3.05) is 6.54 Å². The number of nitrogens with zero attached hydrogens (tertiary/aromatic N) is 4. The lowest BCUT2D eigenvalue weighted by Crippen LogP contribution is -2.34. The van der Waals surface area contributed by atoms with Crippen molar-refractivity contribution in [3.63, 3.8) is 0 Å². The molecular weight excluding hydrogens is 342 g/mol. The van der Waals surface area contributed by atoms with Gasteiger partial charge in [-0.15, -0.1) is 0 Å².